The molecule has 1 N–H and O–H groups in total. The Morgan fingerprint density at radius 3 is 2.96 bits per heavy atom. The molecule has 0 radical (unpaired) electrons. The second-order valence-corrected chi connectivity index (χ2v) is 8.03. The summed E-state index contributed by atoms with van der Waals surface area (Å²) in [4.78, 5) is 16.9. The van der Waals surface area contributed by atoms with Crippen molar-refractivity contribution < 1.29 is 9.18 Å². The summed E-state index contributed by atoms with van der Waals surface area (Å²) in [5, 5.41) is 7.26. The first-order valence-electron chi connectivity index (χ1n) is 8.48. The number of hydrogen-bond donors (Lipinski definition) is 1. The van der Waals surface area contributed by atoms with Gasteiger partial charge in [0.1, 0.15) is 5.82 Å². The van der Waals surface area contributed by atoms with Crippen LogP contribution in [-0.4, -0.2) is 25.2 Å². The maximum atomic E-state index is 13.8. The second-order valence-electron chi connectivity index (χ2n) is 6.46. The summed E-state index contributed by atoms with van der Waals surface area (Å²) in [6.07, 6.45) is 4.90. The van der Waals surface area contributed by atoms with Crippen LogP contribution >= 0.6 is 31.9 Å². The van der Waals surface area contributed by atoms with E-state index in [0.717, 1.165) is 23.4 Å². The molecule has 0 bridgehead atoms. The van der Waals surface area contributed by atoms with Crippen LogP contribution in [0.25, 0.3) is 0 Å². The summed E-state index contributed by atoms with van der Waals surface area (Å²) in [5.41, 5.74) is 1.58. The van der Waals surface area contributed by atoms with Gasteiger partial charge in [-0.1, -0.05) is 18.2 Å². The van der Waals surface area contributed by atoms with E-state index >= 15 is 0 Å². The average molecular weight is 497 g/mol. The maximum absolute atomic E-state index is 13.8. The number of amides is 1. The lowest BCUT2D eigenvalue weighted by molar-refractivity contribution is -0.120. The number of halogens is 3. The quantitative estimate of drug-likeness (QED) is 0.593. The van der Waals surface area contributed by atoms with E-state index in [1.54, 1.807) is 35.3 Å². The molecule has 0 saturated carbocycles. The maximum Gasteiger partial charge on any atom is 0.229 e. The van der Waals surface area contributed by atoms with Crippen LogP contribution in [0.5, 0.6) is 0 Å². The third-order valence-corrected chi connectivity index (χ3v) is 5.88. The lowest BCUT2D eigenvalue weighted by Gasteiger charge is -2.23. The second kappa shape index (κ2) is 7.55. The van der Waals surface area contributed by atoms with Crippen molar-refractivity contribution in [3.63, 3.8) is 0 Å². The molecule has 1 aromatic carbocycles. The summed E-state index contributed by atoms with van der Waals surface area (Å²) in [6.45, 7) is 1.04. The minimum atomic E-state index is -0.278. The fraction of sp³-hybridized carbons (Fsp3) is 0.278. The van der Waals surface area contributed by atoms with E-state index in [2.05, 4.69) is 51.8 Å². The Balaban J connectivity index is 1.45. The number of nitrogens with zero attached hydrogens (tertiary/aromatic N) is 4. The number of rotatable bonds is 4. The molecule has 4 rings (SSSR count). The van der Waals surface area contributed by atoms with Crippen LogP contribution in [0, 0.1) is 11.7 Å². The Bertz CT molecular complexity index is 1000. The highest BCUT2D eigenvalue weighted by Gasteiger charge is 2.27. The molecule has 3 heterocycles. The van der Waals surface area contributed by atoms with Crippen molar-refractivity contribution in [1.29, 1.82) is 0 Å². The normalized spacial score (nSPS) is 16.2. The number of imidazole rings is 1. The fourth-order valence-electron chi connectivity index (χ4n) is 3.23. The van der Waals surface area contributed by atoms with E-state index in [4.69, 9.17) is 0 Å². The third-order valence-electron chi connectivity index (χ3n) is 4.67. The molecule has 0 aliphatic carbocycles. The highest BCUT2D eigenvalue weighted by Crippen LogP contribution is 2.27. The number of anilines is 1. The summed E-state index contributed by atoms with van der Waals surface area (Å²) < 4.78 is 19.0. The van der Waals surface area contributed by atoms with Crippen LogP contribution in [0.1, 0.15) is 17.7 Å². The number of hydrogen-bond acceptors (Lipinski definition) is 3. The van der Waals surface area contributed by atoms with Gasteiger partial charge in [-0.15, -0.1) is 0 Å². The number of aromatic nitrogens is 4. The van der Waals surface area contributed by atoms with Crippen molar-refractivity contribution in [2.75, 3.05) is 5.32 Å². The summed E-state index contributed by atoms with van der Waals surface area (Å²) in [6, 6.07) is 6.57. The van der Waals surface area contributed by atoms with Gasteiger partial charge in [0.05, 0.1) is 11.0 Å². The van der Waals surface area contributed by atoms with Crippen LogP contribution in [0.15, 0.2) is 45.9 Å². The first kappa shape index (κ1) is 18.4. The monoisotopic (exact) mass is 495 g/mol. The van der Waals surface area contributed by atoms with E-state index < -0.39 is 0 Å². The van der Waals surface area contributed by atoms with Gasteiger partial charge in [-0.3, -0.25) is 9.48 Å². The van der Waals surface area contributed by atoms with E-state index in [0.29, 0.717) is 22.3 Å². The van der Waals surface area contributed by atoms with Crippen LogP contribution in [-0.2, 0) is 24.3 Å². The van der Waals surface area contributed by atoms with Gasteiger partial charge in [-0.05, 0) is 44.3 Å². The SMILES string of the molecule is O=C(Nc1nn(Cc2ccccc2F)cc1Br)C1CCn2c(cnc2Br)C1. The van der Waals surface area contributed by atoms with Gasteiger partial charge in [0.2, 0.25) is 5.91 Å². The van der Waals surface area contributed by atoms with Crippen LogP contribution < -0.4 is 5.32 Å². The Hall–Kier alpha value is -2.00. The Morgan fingerprint density at radius 1 is 1.33 bits per heavy atom. The molecular formula is C18H16Br2FN5O. The van der Waals surface area contributed by atoms with Crippen LogP contribution in [0.2, 0.25) is 0 Å². The number of carbonyl (C=O) groups is 1. The first-order valence-corrected chi connectivity index (χ1v) is 10.1. The molecule has 27 heavy (non-hydrogen) atoms. The minimum Gasteiger partial charge on any atom is -0.323 e. The molecule has 3 aromatic rings. The molecule has 6 nitrogen and oxygen atoms in total. The molecule has 1 aliphatic heterocycles. The molecule has 140 valence electrons. The molecule has 1 atom stereocenters. The Labute approximate surface area is 172 Å². The number of fused-ring (bicyclic) bond motifs is 1. The molecule has 1 aliphatic rings. The fourth-order valence-corrected chi connectivity index (χ4v) is 4.15. The van der Waals surface area contributed by atoms with E-state index in [1.165, 1.54) is 6.07 Å². The number of nitrogens with one attached hydrogen (secondary N) is 1. The third kappa shape index (κ3) is 3.84. The van der Waals surface area contributed by atoms with Crippen molar-refractivity contribution in [3.8, 4) is 0 Å². The van der Waals surface area contributed by atoms with Crippen LogP contribution in [0.4, 0.5) is 10.2 Å². The molecular weight excluding hydrogens is 481 g/mol. The minimum absolute atomic E-state index is 0.0737. The highest BCUT2D eigenvalue weighted by atomic mass is 79.9. The van der Waals surface area contributed by atoms with Gasteiger partial charge in [0.15, 0.2) is 10.6 Å². The molecule has 0 saturated heterocycles. The van der Waals surface area contributed by atoms with E-state index in [9.17, 15) is 9.18 Å². The van der Waals surface area contributed by atoms with Gasteiger partial charge in [0, 0.05) is 42.5 Å². The molecule has 1 amide bonds. The predicted molar refractivity (Wildman–Crippen MR) is 106 cm³/mol. The Kier molecular flexibility index (Phi) is 5.14. The summed E-state index contributed by atoms with van der Waals surface area (Å²) in [7, 11) is 0. The van der Waals surface area contributed by atoms with E-state index in [1.807, 2.05) is 0 Å². The van der Waals surface area contributed by atoms with Crippen molar-refractivity contribution >= 4 is 43.6 Å². The molecule has 9 heteroatoms. The first-order chi connectivity index (χ1) is 13.0. The van der Waals surface area contributed by atoms with Gasteiger partial charge < -0.3 is 9.88 Å². The number of carbonyl (C=O) groups excluding carboxylic acids is 1. The van der Waals surface area contributed by atoms with Gasteiger partial charge in [-0.2, -0.15) is 5.10 Å². The van der Waals surface area contributed by atoms with Crippen molar-refractivity contribution in [2.24, 2.45) is 5.92 Å². The van der Waals surface area contributed by atoms with Gasteiger partial charge in [0.25, 0.3) is 0 Å². The zero-order valence-corrected chi connectivity index (χ0v) is 17.4. The lowest BCUT2D eigenvalue weighted by atomic mass is 9.95. The van der Waals surface area contributed by atoms with Gasteiger partial charge >= 0.3 is 0 Å². The summed E-state index contributed by atoms with van der Waals surface area (Å²) >= 11 is 6.83. The zero-order valence-electron chi connectivity index (χ0n) is 14.2. The Morgan fingerprint density at radius 2 is 2.15 bits per heavy atom. The molecule has 0 fully saturated rings. The largest absolute Gasteiger partial charge is 0.323 e. The molecule has 2 aromatic heterocycles. The molecule has 1 unspecified atom stereocenters. The van der Waals surface area contributed by atoms with Crippen molar-refractivity contribution in [1.82, 2.24) is 19.3 Å². The standard InChI is InChI=1S/C18H16Br2FN5O/c19-14-10-25(9-12-3-1-2-4-15(12)21)24-16(14)23-17(27)11-5-6-26-13(7-11)8-22-18(26)20/h1-4,8,10-11H,5-7,9H2,(H,23,24,27). The van der Waals surface area contributed by atoms with Crippen LogP contribution in [0.3, 0.4) is 0 Å². The number of benzene rings is 1. The van der Waals surface area contributed by atoms with E-state index in [-0.39, 0.29) is 24.2 Å². The van der Waals surface area contributed by atoms with Crippen molar-refractivity contribution in [2.45, 2.75) is 25.9 Å². The predicted octanol–water partition coefficient (Wildman–Crippen LogP) is 3.99. The highest BCUT2D eigenvalue weighted by molar-refractivity contribution is 9.10. The zero-order chi connectivity index (χ0) is 19.0. The lowest BCUT2D eigenvalue weighted by Crippen LogP contribution is -2.30. The summed E-state index contributed by atoms with van der Waals surface area (Å²) in [5.74, 6) is -0.0450. The van der Waals surface area contributed by atoms with Gasteiger partial charge in [-0.25, -0.2) is 9.37 Å². The average Bonchev–Trinajstić information content (AvgIpc) is 3.19. The van der Waals surface area contributed by atoms with Crippen molar-refractivity contribution in [3.05, 3.63) is 62.9 Å². The smallest absolute Gasteiger partial charge is 0.229 e. The topological polar surface area (TPSA) is 64.7 Å². The molecule has 0 spiro atoms.